The number of rotatable bonds is 5. The quantitative estimate of drug-likeness (QED) is 0.575. The summed E-state index contributed by atoms with van der Waals surface area (Å²) < 4.78 is 7.03. The minimum absolute atomic E-state index is 0.0789. The molecule has 2 aliphatic carbocycles. The fourth-order valence-corrected chi connectivity index (χ4v) is 9.30. The van der Waals surface area contributed by atoms with Gasteiger partial charge in [-0.15, -0.1) is 0 Å². The largest absolute Gasteiger partial charge is 0.407 e. The van der Waals surface area contributed by atoms with Crippen LogP contribution < -0.4 is 10.4 Å². The first-order valence-electron chi connectivity index (χ1n) is 9.46. The highest BCUT2D eigenvalue weighted by molar-refractivity contribution is 6.99. The molecule has 0 radical (unpaired) electrons. The number of hydrogen-bond donors (Lipinski definition) is 0. The minimum atomic E-state index is -2.34. The zero-order valence-electron chi connectivity index (χ0n) is 15.5. The second-order valence-corrected chi connectivity index (χ2v) is 12.8. The summed E-state index contributed by atoms with van der Waals surface area (Å²) in [6.45, 7) is 7.96. The van der Waals surface area contributed by atoms with Crippen molar-refractivity contribution in [2.24, 2.45) is 17.8 Å². The molecular formula is C23H28OSi. The van der Waals surface area contributed by atoms with Crippen molar-refractivity contribution in [3.63, 3.8) is 0 Å². The van der Waals surface area contributed by atoms with Crippen molar-refractivity contribution >= 4 is 18.7 Å². The fourth-order valence-electron chi connectivity index (χ4n) is 4.70. The van der Waals surface area contributed by atoms with Gasteiger partial charge in [0.15, 0.2) is 0 Å². The predicted octanol–water partition coefficient (Wildman–Crippen LogP) is 4.39. The third kappa shape index (κ3) is 2.82. The summed E-state index contributed by atoms with van der Waals surface area (Å²) in [7, 11) is -2.34. The van der Waals surface area contributed by atoms with Gasteiger partial charge in [-0.05, 0) is 39.6 Å². The second kappa shape index (κ2) is 6.26. The lowest BCUT2D eigenvalue weighted by Crippen LogP contribution is -2.66. The molecule has 0 aliphatic heterocycles. The van der Waals surface area contributed by atoms with E-state index in [2.05, 4.69) is 93.6 Å². The lowest BCUT2D eigenvalue weighted by atomic mass is 10.2. The number of fused-ring (bicyclic) bond motifs is 1. The smallest absolute Gasteiger partial charge is 0.261 e. The van der Waals surface area contributed by atoms with Gasteiger partial charge in [0, 0.05) is 6.61 Å². The molecule has 0 N–H and O–H groups in total. The Morgan fingerprint density at radius 1 is 0.920 bits per heavy atom. The highest BCUT2D eigenvalue weighted by Crippen LogP contribution is 2.54. The Kier molecular flexibility index (Phi) is 4.21. The lowest BCUT2D eigenvalue weighted by Gasteiger charge is -2.43. The Balaban J connectivity index is 1.74. The molecule has 2 aliphatic rings. The third-order valence-corrected chi connectivity index (χ3v) is 11.1. The van der Waals surface area contributed by atoms with Gasteiger partial charge in [-0.1, -0.05) is 93.6 Å². The van der Waals surface area contributed by atoms with Gasteiger partial charge in [0.2, 0.25) is 0 Å². The van der Waals surface area contributed by atoms with E-state index >= 15 is 0 Å². The van der Waals surface area contributed by atoms with E-state index in [0.29, 0.717) is 0 Å². The van der Waals surface area contributed by atoms with Crippen molar-refractivity contribution in [2.75, 3.05) is 6.61 Å². The molecule has 130 valence electrons. The van der Waals surface area contributed by atoms with Gasteiger partial charge in [0.1, 0.15) is 0 Å². The minimum Gasteiger partial charge on any atom is -0.407 e. The molecule has 0 spiro atoms. The van der Waals surface area contributed by atoms with Crippen LogP contribution in [-0.2, 0) is 4.43 Å². The first kappa shape index (κ1) is 16.8. The van der Waals surface area contributed by atoms with Gasteiger partial charge >= 0.3 is 0 Å². The summed E-state index contributed by atoms with van der Waals surface area (Å²) in [5.74, 6) is 2.35. The van der Waals surface area contributed by atoms with Crippen molar-refractivity contribution < 1.29 is 4.43 Å². The Morgan fingerprint density at radius 2 is 1.48 bits per heavy atom. The zero-order valence-corrected chi connectivity index (χ0v) is 16.5. The van der Waals surface area contributed by atoms with E-state index in [-0.39, 0.29) is 5.04 Å². The molecule has 1 nitrogen and oxygen atoms in total. The van der Waals surface area contributed by atoms with E-state index in [1.807, 2.05) is 0 Å². The number of benzene rings is 2. The topological polar surface area (TPSA) is 9.23 Å². The first-order chi connectivity index (χ1) is 12.0. The molecule has 0 amide bonds. The molecule has 4 rings (SSSR count). The normalized spacial score (nSPS) is 25.0. The summed E-state index contributed by atoms with van der Waals surface area (Å²) in [4.78, 5) is 0. The SMILES string of the molecule is CC(C)(C)[Si](OCC1C2C=CCC21)(c1ccccc1)c1ccccc1. The van der Waals surface area contributed by atoms with Gasteiger partial charge in [-0.25, -0.2) is 0 Å². The molecule has 3 unspecified atom stereocenters. The third-order valence-electron chi connectivity index (χ3n) is 6.07. The zero-order chi connectivity index (χ0) is 17.5. The van der Waals surface area contributed by atoms with E-state index in [4.69, 9.17) is 4.43 Å². The summed E-state index contributed by atoms with van der Waals surface area (Å²) >= 11 is 0. The van der Waals surface area contributed by atoms with Crippen molar-refractivity contribution in [3.05, 3.63) is 72.8 Å². The van der Waals surface area contributed by atoms with Gasteiger partial charge in [0.25, 0.3) is 8.32 Å². The van der Waals surface area contributed by atoms with Gasteiger partial charge < -0.3 is 4.43 Å². The molecule has 3 atom stereocenters. The molecule has 0 bridgehead atoms. The van der Waals surface area contributed by atoms with Crippen LogP contribution in [-0.4, -0.2) is 14.9 Å². The lowest BCUT2D eigenvalue weighted by molar-refractivity contribution is 0.270. The van der Waals surface area contributed by atoms with Gasteiger partial charge in [-0.3, -0.25) is 0 Å². The van der Waals surface area contributed by atoms with Crippen LogP contribution in [0.25, 0.3) is 0 Å². The Labute approximate surface area is 152 Å². The van der Waals surface area contributed by atoms with Crippen LogP contribution in [0, 0.1) is 17.8 Å². The summed E-state index contributed by atoms with van der Waals surface area (Å²) in [5.41, 5.74) is 0. The standard InChI is InChI=1S/C23H28OSi/c1-23(2,3)25(18-11-6-4-7-12-18,19-13-8-5-9-14-19)24-17-22-20-15-10-16-21(20)22/h4-15,20-22H,16-17H2,1-3H3. The first-order valence-corrected chi connectivity index (χ1v) is 11.4. The van der Waals surface area contributed by atoms with Crippen molar-refractivity contribution in [2.45, 2.75) is 32.2 Å². The molecule has 1 saturated carbocycles. The average molecular weight is 349 g/mol. The van der Waals surface area contributed by atoms with E-state index in [1.165, 1.54) is 16.8 Å². The van der Waals surface area contributed by atoms with Crippen LogP contribution in [0.5, 0.6) is 0 Å². The molecular weight excluding hydrogens is 320 g/mol. The molecule has 2 aromatic rings. The van der Waals surface area contributed by atoms with E-state index in [1.54, 1.807) is 0 Å². The Morgan fingerprint density at radius 3 is 1.92 bits per heavy atom. The van der Waals surface area contributed by atoms with Crippen LogP contribution in [0.4, 0.5) is 0 Å². The maximum absolute atomic E-state index is 7.03. The molecule has 0 saturated heterocycles. The maximum atomic E-state index is 7.03. The van der Waals surface area contributed by atoms with Crippen molar-refractivity contribution in [1.29, 1.82) is 0 Å². The Bertz CT molecular complexity index is 705. The molecule has 0 heterocycles. The van der Waals surface area contributed by atoms with Gasteiger partial charge in [0.05, 0.1) is 0 Å². The van der Waals surface area contributed by atoms with Crippen LogP contribution in [0.15, 0.2) is 72.8 Å². The number of allylic oxidation sites excluding steroid dienone is 2. The van der Waals surface area contributed by atoms with E-state index in [9.17, 15) is 0 Å². The van der Waals surface area contributed by atoms with Crippen molar-refractivity contribution in [1.82, 2.24) is 0 Å². The monoisotopic (exact) mass is 348 g/mol. The highest BCUT2D eigenvalue weighted by Gasteiger charge is 2.54. The molecule has 0 aromatic heterocycles. The van der Waals surface area contributed by atoms with Crippen LogP contribution in [0.3, 0.4) is 0 Å². The van der Waals surface area contributed by atoms with Crippen LogP contribution in [0.1, 0.15) is 27.2 Å². The van der Waals surface area contributed by atoms with E-state index < -0.39 is 8.32 Å². The maximum Gasteiger partial charge on any atom is 0.261 e. The number of hydrogen-bond acceptors (Lipinski definition) is 1. The fraction of sp³-hybridized carbons (Fsp3) is 0.391. The van der Waals surface area contributed by atoms with Crippen molar-refractivity contribution in [3.8, 4) is 0 Å². The predicted molar refractivity (Wildman–Crippen MR) is 108 cm³/mol. The second-order valence-electron chi connectivity index (χ2n) is 8.54. The molecule has 25 heavy (non-hydrogen) atoms. The molecule has 2 heteroatoms. The van der Waals surface area contributed by atoms with Crippen LogP contribution in [0.2, 0.25) is 5.04 Å². The highest BCUT2D eigenvalue weighted by atomic mass is 28.4. The molecule has 2 aromatic carbocycles. The summed E-state index contributed by atoms with van der Waals surface area (Å²) in [6, 6.07) is 21.9. The molecule has 1 fully saturated rings. The van der Waals surface area contributed by atoms with Crippen LogP contribution >= 0.6 is 0 Å². The average Bonchev–Trinajstić information content (AvgIpc) is 3.04. The summed E-state index contributed by atoms with van der Waals surface area (Å²) in [6.07, 6.45) is 6.00. The summed E-state index contributed by atoms with van der Waals surface area (Å²) in [5, 5.41) is 2.85. The Hall–Kier alpha value is -1.64. The van der Waals surface area contributed by atoms with Gasteiger partial charge in [-0.2, -0.15) is 0 Å². The van der Waals surface area contributed by atoms with E-state index in [0.717, 1.165) is 24.4 Å².